The summed E-state index contributed by atoms with van der Waals surface area (Å²) in [6.45, 7) is 3.77. The van der Waals surface area contributed by atoms with E-state index in [0.717, 1.165) is 11.3 Å². The fourth-order valence-electron chi connectivity index (χ4n) is 0.618. The largest absolute Gasteiger partial charge is 0.144 e. The molecule has 0 bridgehead atoms. The predicted octanol–water partition coefficient (Wildman–Crippen LogP) is 2.11. The summed E-state index contributed by atoms with van der Waals surface area (Å²) in [7, 11) is 0. The van der Waals surface area contributed by atoms with Crippen LogP contribution in [0.15, 0.2) is 12.1 Å². The summed E-state index contributed by atoms with van der Waals surface area (Å²) in [6.07, 6.45) is 5.84. The van der Waals surface area contributed by atoms with Crippen LogP contribution in [0.2, 0.25) is 0 Å². The molecule has 0 spiro atoms. The van der Waals surface area contributed by atoms with Gasteiger partial charge < -0.3 is 0 Å². The highest BCUT2D eigenvalue weighted by molar-refractivity contribution is 7.12. The van der Waals surface area contributed by atoms with E-state index in [2.05, 4.69) is 12.8 Å². The molecular weight excluding hydrogens is 128 g/mol. The van der Waals surface area contributed by atoms with Gasteiger partial charge in [-0.1, -0.05) is 0 Å². The third kappa shape index (κ3) is 1.58. The van der Waals surface area contributed by atoms with Gasteiger partial charge in [-0.05, 0) is 19.1 Å². The van der Waals surface area contributed by atoms with Crippen LogP contribution in [-0.2, 0) is 6.42 Å². The maximum Gasteiger partial charge on any atom is 0.0432 e. The molecule has 0 aliphatic heterocycles. The maximum absolute atomic E-state index is 5.11. The zero-order valence-corrected chi connectivity index (χ0v) is 5.87. The van der Waals surface area contributed by atoms with E-state index in [1.54, 1.807) is 11.3 Å². The number of hydrogen-bond acceptors (Lipinski definition) is 1. The van der Waals surface area contributed by atoms with Crippen molar-refractivity contribution < 1.29 is 0 Å². The SMILES string of the molecule is C#CCc1ccc([CH2])s1. The molecular formula is C8H7S. The first kappa shape index (κ1) is 6.38. The van der Waals surface area contributed by atoms with Crippen LogP contribution in [0.1, 0.15) is 9.75 Å². The molecule has 1 aromatic rings. The molecule has 0 fully saturated rings. The molecule has 1 heteroatoms. The van der Waals surface area contributed by atoms with Crippen molar-refractivity contribution in [2.45, 2.75) is 6.42 Å². The Morgan fingerprint density at radius 1 is 1.67 bits per heavy atom. The normalized spacial score (nSPS) is 8.89. The summed E-state index contributed by atoms with van der Waals surface area (Å²) in [5.41, 5.74) is 0. The van der Waals surface area contributed by atoms with Gasteiger partial charge in [-0.3, -0.25) is 0 Å². The highest BCUT2D eigenvalue weighted by Crippen LogP contribution is 2.14. The van der Waals surface area contributed by atoms with Crippen molar-refractivity contribution >= 4 is 11.3 Å². The first-order valence-corrected chi connectivity index (χ1v) is 3.48. The Labute approximate surface area is 59.5 Å². The lowest BCUT2D eigenvalue weighted by atomic mass is 10.3. The molecule has 0 aliphatic carbocycles. The third-order valence-corrected chi connectivity index (χ3v) is 1.93. The van der Waals surface area contributed by atoms with Crippen LogP contribution in [0.4, 0.5) is 0 Å². The standard InChI is InChI=1S/C8H7S/c1-3-4-8-6-5-7(2)9-8/h1,5-6H,2,4H2. The first-order valence-electron chi connectivity index (χ1n) is 2.67. The molecule has 1 radical (unpaired) electrons. The van der Waals surface area contributed by atoms with Crippen molar-refractivity contribution in [2.24, 2.45) is 0 Å². The van der Waals surface area contributed by atoms with Crippen molar-refractivity contribution in [1.82, 2.24) is 0 Å². The molecule has 0 atom stereocenters. The van der Waals surface area contributed by atoms with Crippen molar-refractivity contribution in [1.29, 1.82) is 0 Å². The first-order chi connectivity index (χ1) is 4.33. The highest BCUT2D eigenvalue weighted by atomic mass is 32.1. The van der Waals surface area contributed by atoms with Gasteiger partial charge in [0.1, 0.15) is 0 Å². The van der Waals surface area contributed by atoms with Gasteiger partial charge in [-0.15, -0.1) is 23.7 Å². The molecule has 9 heavy (non-hydrogen) atoms. The van der Waals surface area contributed by atoms with E-state index in [0.29, 0.717) is 0 Å². The van der Waals surface area contributed by atoms with Gasteiger partial charge in [0, 0.05) is 16.2 Å². The molecule has 45 valence electrons. The summed E-state index contributed by atoms with van der Waals surface area (Å²) in [6, 6.07) is 4.00. The van der Waals surface area contributed by atoms with E-state index < -0.39 is 0 Å². The van der Waals surface area contributed by atoms with E-state index in [1.807, 2.05) is 12.1 Å². The van der Waals surface area contributed by atoms with E-state index >= 15 is 0 Å². The molecule has 1 aromatic heterocycles. The fraction of sp³-hybridized carbons (Fsp3) is 0.125. The lowest BCUT2D eigenvalue weighted by Gasteiger charge is -1.80. The molecule has 0 unspecified atom stereocenters. The Balaban J connectivity index is 2.76. The topological polar surface area (TPSA) is 0 Å². The molecule has 0 N–H and O–H groups in total. The molecule has 0 amide bonds. The Morgan fingerprint density at radius 3 is 2.89 bits per heavy atom. The van der Waals surface area contributed by atoms with Gasteiger partial charge in [0.2, 0.25) is 0 Å². The van der Waals surface area contributed by atoms with Crippen molar-refractivity contribution in [3.63, 3.8) is 0 Å². The Kier molecular flexibility index (Phi) is 1.92. The van der Waals surface area contributed by atoms with Crippen molar-refractivity contribution in [3.05, 3.63) is 28.8 Å². The molecule has 0 saturated carbocycles. The van der Waals surface area contributed by atoms with Crippen LogP contribution in [0.25, 0.3) is 0 Å². The quantitative estimate of drug-likeness (QED) is 0.517. The third-order valence-electron chi connectivity index (χ3n) is 0.994. The van der Waals surface area contributed by atoms with Crippen LogP contribution in [0.5, 0.6) is 0 Å². The summed E-state index contributed by atoms with van der Waals surface area (Å²) >= 11 is 1.66. The average molecular weight is 135 g/mol. The smallest absolute Gasteiger partial charge is 0.0432 e. The van der Waals surface area contributed by atoms with E-state index in [4.69, 9.17) is 6.42 Å². The van der Waals surface area contributed by atoms with Crippen LogP contribution >= 0.6 is 11.3 Å². The summed E-state index contributed by atoms with van der Waals surface area (Å²) in [4.78, 5) is 2.31. The van der Waals surface area contributed by atoms with Gasteiger partial charge in [0.05, 0.1) is 0 Å². The van der Waals surface area contributed by atoms with Crippen LogP contribution in [-0.4, -0.2) is 0 Å². The minimum absolute atomic E-state index is 0.736. The second-order valence-corrected chi connectivity index (χ2v) is 3.00. The molecule has 0 aliphatic rings. The Morgan fingerprint density at radius 2 is 2.44 bits per heavy atom. The second kappa shape index (κ2) is 2.70. The minimum Gasteiger partial charge on any atom is -0.144 e. The number of terminal acetylenes is 1. The second-order valence-electron chi connectivity index (χ2n) is 1.75. The van der Waals surface area contributed by atoms with Gasteiger partial charge >= 0.3 is 0 Å². The van der Waals surface area contributed by atoms with Crippen LogP contribution < -0.4 is 0 Å². The minimum atomic E-state index is 0.736. The Hall–Kier alpha value is -0.740. The van der Waals surface area contributed by atoms with E-state index in [1.165, 1.54) is 4.88 Å². The molecule has 0 saturated heterocycles. The van der Waals surface area contributed by atoms with E-state index in [9.17, 15) is 0 Å². The van der Waals surface area contributed by atoms with Gasteiger partial charge in [0.25, 0.3) is 0 Å². The monoisotopic (exact) mass is 135 g/mol. The van der Waals surface area contributed by atoms with Gasteiger partial charge in [-0.25, -0.2) is 0 Å². The zero-order valence-electron chi connectivity index (χ0n) is 5.05. The van der Waals surface area contributed by atoms with Crippen LogP contribution in [0, 0.1) is 19.3 Å². The van der Waals surface area contributed by atoms with Crippen LogP contribution in [0.3, 0.4) is 0 Å². The molecule has 1 heterocycles. The van der Waals surface area contributed by atoms with Gasteiger partial charge in [0.15, 0.2) is 0 Å². The molecule has 0 nitrogen and oxygen atoms in total. The number of rotatable bonds is 1. The number of hydrogen-bond donors (Lipinski definition) is 0. The highest BCUT2D eigenvalue weighted by Gasteiger charge is 1.91. The van der Waals surface area contributed by atoms with Gasteiger partial charge in [-0.2, -0.15) is 0 Å². The Bertz CT molecular complexity index is 227. The van der Waals surface area contributed by atoms with E-state index in [-0.39, 0.29) is 0 Å². The maximum atomic E-state index is 5.11. The summed E-state index contributed by atoms with van der Waals surface area (Å²) in [5.74, 6) is 2.58. The molecule has 0 aromatic carbocycles. The van der Waals surface area contributed by atoms with Crippen molar-refractivity contribution in [2.75, 3.05) is 0 Å². The lowest BCUT2D eigenvalue weighted by molar-refractivity contribution is 1.41. The lowest BCUT2D eigenvalue weighted by Crippen LogP contribution is -1.68. The predicted molar refractivity (Wildman–Crippen MR) is 41.3 cm³/mol. The fourth-order valence-corrected chi connectivity index (χ4v) is 1.38. The molecule has 1 rings (SSSR count). The average Bonchev–Trinajstić information content (AvgIpc) is 2.17. The summed E-state index contributed by atoms with van der Waals surface area (Å²) in [5, 5.41) is 0. The summed E-state index contributed by atoms with van der Waals surface area (Å²) < 4.78 is 0. The number of thiophene rings is 1. The van der Waals surface area contributed by atoms with Crippen molar-refractivity contribution in [3.8, 4) is 12.3 Å². The zero-order chi connectivity index (χ0) is 6.69.